The molecule has 1 aromatic rings. The minimum absolute atomic E-state index is 0. The zero-order valence-corrected chi connectivity index (χ0v) is 18.3. The van der Waals surface area contributed by atoms with Gasteiger partial charge in [-0.25, -0.2) is 0 Å². The molecule has 8 heteroatoms. The van der Waals surface area contributed by atoms with E-state index in [0.717, 1.165) is 26.0 Å². The number of carbonyl (C=O) groups excluding carboxylic acids is 1. The molecule has 1 aromatic heterocycles. The van der Waals surface area contributed by atoms with Crippen LogP contribution < -0.4 is 16.4 Å². The molecule has 2 unspecified atom stereocenters. The Balaban J connectivity index is 0.00000338. The molecule has 2 heterocycles. The standard InChI is InChI=1S/C18H30N4O3.HI/c1-18(2,3)15-12(6-5-9-24-15)10-21-17(20-4)22-11-13-7-8-14(25-13)16(19)23;/h7-8,12,15H,5-6,9-11H2,1-4H3,(H2,19,23)(H2,20,21,22);1H. The van der Waals surface area contributed by atoms with Crippen LogP contribution in [0.2, 0.25) is 0 Å². The lowest BCUT2D eigenvalue weighted by atomic mass is 9.78. The molecule has 2 atom stereocenters. The largest absolute Gasteiger partial charge is 0.454 e. The van der Waals surface area contributed by atoms with E-state index in [1.165, 1.54) is 0 Å². The predicted octanol–water partition coefficient (Wildman–Crippen LogP) is 2.50. The van der Waals surface area contributed by atoms with Crippen LogP contribution in [0.5, 0.6) is 0 Å². The zero-order chi connectivity index (χ0) is 18.4. The number of hydrogen-bond donors (Lipinski definition) is 3. The number of guanidine groups is 1. The molecule has 26 heavy (non-hydrogen) atoms. The van der Waals surface area contributed by atoms with Crippen LogP contribution in [0.15, 0.2) is 21.5 Å². The number of aliphatic imine (C=N–C) groups is 1. The molecule has 0 bridgehead atoms. The van der Waals surface area contributed by atoms with Crippen LogP contribution in [0.3, 0.4) is 0 Å². The maximum Gasteiger partial charge on any atom is 0.284 e. The summed E-state index contributed by atoms with van der Waals surface area (Å²) in [7, 11) is 1.73. The Morgan fingerprint density at radius 2 is 2.08 bits per heavy atom. The molecule has 1 saturated heterocycles. The fourth-order valence-corrected chi connectivity index (χ4v) is 3.23. The van der Waals surface area contributed by atoms with E-state index in [0.29, 0.717) is 24.2 Å². The highest BCUT2D eigenvalue weighted by Crippen LogP contribution is 2.33. The van der Waals surface area contributed by atoms with Gasteiger partial charge in [0.2, 0.25) is 0 Å². The van der Waals surface area contributed by atoms with Gasteiger partial charge in [-0.15, -0.1) is 24.0 Å². The Morgan fingerprint density at radius 3 is 2.65 bits per heavy atom. The molecule has 148 valence electrons. The number of halogens is 1. The third kappa shape index (κ3) is 6.46. The van der Waals surface area contributed by atoms with E-state index in [9.17, 15) is 4.79 Å². The van der Waals surface area contributed by atoms with Gasteiger partial charge >= 0.3 is 0 Å². The van der Waals surface area contributed by atoms with E-state index in [2.05, 4.69) is 36.4 Å². The molecule has 1 aliphatic heterocycles. The van der Waals surface area contributed by atoms with Crippen LogP contribution in [-0.4, -0.2) is 38.2 Å². The van der Waals surface area contributed by atoms with E-state index in [1.807, 2.05) is 0 Å². The quantitative estimate of drug-likeness (QED) is 0.343. The predicted molar refractivity (Wildman–Crippen MR) is 113 cm³/mol. The van der Waals surface area contributed by atoms with E-state index in [4.69, 9.17) is 14.9 Å². The fraction of sp³-hybridized carbons (Fsp3) is 0.667. The van der Waals surface area contributed by atoms with Crippen molar-refractivity contribution in [3.63, 3.8) is 0 Å². The number of nitrogens with zero attached hydrogens (tertiary/aromatic N) is 1. The molecule has 2 rings (SSSR count). The Hall–Kier alpha value is -1.29. The number of rotatable bonds is 5. The highest BCUT2D eigenvalue weighted by Gasteiger charge is 2.35. The number of hydrogen-bond acceptors (Lipinski definition) is 4. The Bertz CT molecular complexity index is 610. The van der Waals surface area contributed by atoms with Gasteiger partial charge < -0.3 is 25.5 Å². The highest BCUT2D eigenvalue weighted by atomic mass is 127. The monoisotopic (exact) mass is 478 g/mol. The summed E-state index contributed by atoms with van der Waals surface area (Å²) in [6, 6.07) is 3.30. The lowest BCUT2D eigenvalue weighted by Gasteiger charge is -2.40. The average Bonchev–Trinajstić information content (AvgIpc) is 3.04. The van der Waals surface area contributed by atoms with Crippen molar-refractivity contribution in [3.8, 4) is 0 Å². The molecule has 0 spiro atoms. The SMILES string of the molecule is CN=C(NCc1ccc(C(N)=O)o1)NCC1CCCOC1C(C)(C)C.I. The van der Waals surface area contributed by atoms with E-state index in [-0.39, 0.29) is 41.3 Å². The Labute approximate surface area is 172 Å². The number of carbonyl (C=O) groups is 1. The van der Waals surface area contributed by atoms with Crippen molar-refractivity contribution in [2.75, 3.05) is 20.2 Å². The van der Waals surface area contributed by atoms with Gasteiger partial charge in [0.1, 0.15) is 5.76 Å². The van der Waals surface area contributed by atoms with Gasteiger partial charge in [-0.2, -0.15) is 0 Å². The maximum atomic E-state index is 11.1. The first-order valence-corrected chi connectivity index (χ1v) is 8.76. The third-order valence-corrected chi connectivity index (χ3v) is 4.39. The van der Waals surface area contributed by atoms with Gasteiger partial charge in [-0.3, -0.25) is 9.79 Å². The van der Waals surface area contributed by atoms with Crippen LogP contribution >= 0.6 is 24.0 Å². The minimum Gasteiger partial charge on any atom is -0.454 e. The van der Waals surface area contributed by atoms with Crippen molar-refractivity contribution < 1.29 is 13.9 Å². The molecular formula is C18H31IN4O3. The number of nitrogens with one attached hydrogen (secondary N) is 2. The van der Waals surface area contributed by atoms with E-state index < -0.39 is 5.91 Å². The molecule has 0 saturated carbocycles. The van der Waals surface area contributed by atoms with Crippen LogP contribution in [0.25, 0.3) is 0 Å². The van der Waals surface area contributed by atoms with Crippen molar-refractivity contribution in [1.29, 1.82) is 0 Å². The topological polar surface area (TPSA) is 102 Å². The Morgan fingerprint density at radius 1 is 1.35 bits per heavy atom. The van der Waals surface area contributed by atoms with Gasteiger partial charge in [-0.1, -0.05) is 20.8 Å². The van der Waals surface area contributed by atoms with Crippen LogP contribution in [0.4, 0.5) is 0 Å². The fourth-order valence-electron chi connectivity index (χ4n) is 3.23. The summed E-state index contributed by atoms with van der Waals surface area (Å²) in [5, 5.41) is 6.55. The van der Waals surface area contributed by atoms with Crippen molar-refractivity contribution >= 4 is 35.8 Å². The average molecular weight is 478 g/mol. The van der Waals surface area contributed by atoms with Crippen molar-refractivity contribution in [3.05, 3.63) is 23.7 Å². The second kappa shape index (κ2) is 10.1. The van der Waals surface area contributed by atoms with Crippen LogP contribution in [0.1, 0.15) is 49.9 Å². The molecule has 4 N–H and O–H groups in total. The number of furan rings is 1. The van der Waals surface area contributed by atoms with Crippen LogP contribution in [-0.2, 0) is 11.3 Å². The first kappa shape index (κ1) is 22.8. The van der Waals surface area contributed by atoms with Crippen LogP contribution in [0, 0.1) is 11.3 Å². The van der Waals surface area contributed by atoms with Gasteiger partial charge in [0.15, 0.2) is 11.7 Å². The van der Waals surface area contributed by atoms with Crippen molar-refractivity contribution in [2.24, 2.45) is 22.1 Å². The number of ether oxygens (including phenoxy) is 1. The number of amides is 1. The molecule has 0 radical (unpaired) electrons. The lowest BCUT2D eigenvalue weighted by molar-refractivity contribution is -0.0835. The van der Waals surface area contributed by atoms with Crippen molar-refractivity contribution in [2.45, 2.75) is 46.3 Å². The maximum absolute atomic E-state index is 11.1. The summed E-state index contributed by atoms with van der Waals surface area (Å²) in [5.74, 6) is 1.35. The molecular weight excluding hydrogens is 447 g/mol. The lowest BCUT2D eigenvalue weighted by Crippen LogP contribution is -2.47. The number of primary amides is 1. The molecule has 0 aliphatic carbocycles. The Kier molecular flexibility index (Phi) is 8.88. The molecule has 1 aliphatic rings. The summed E-state index contributed by atoms with van der Waals surface area (Å²) in [4.78, 5) is 15.3. The van der Waals surface area contributed by atoms with Gasteiger partial charge in [0.25, 0.3) is 5.91 Å². The van der Waals surface area contributed by atoms with Gasteiger partial charge in [0, 0.05) is 26.1 Å². The third-order valence-electron chi connectivity index (χ3n) is 4.39. The molecule has 1 amide bonds. The normalized spacial score (nSPS) is 21.0. The van der Waals surface area contributed by atoms with Crippen molar-refractivity contribution in [1.82, 2.24) is 10.6 Å². The van der Waals surface area contributed by atoms with E-state index >= 15 is 0 Å². The van der Waals surface area contributed by atoms with E-state index in [1.54, 1.807) is 19.2 Å². The zero-order valence-electron chi connectivity index (χ0n) is 16.0. The number of nitrogens with two attached hydrogens (primary N) is 1. The summed E-state index contributed by atoms with van der Waals surface area (Å²) >= 11 is 0. The second-order valence-electron chi connectivity index (χ2n) is 7.50. The summed E-state index contributed by atoms with van der Waals surface area (Å²) in [6.07, 6.45) is 2.47. The first-order chi connectivity index (χ1) is 11.8. The second-order valence-corrected chi connectivity index (χ2v) is 7.50. The minimum atomic E-state index is -0.570. The summed E-state index contributed by atoms with van der Waals surface area (Å²) in [6.45, 7) is 8.72. The summed E-state index contributed by atoms with van der Waals surface area (Å²) < 4.78 is 11.4. The smallest absolute Gasteiger partial charge is 0.284 e. The molecule has 0 aromatic carbocycles. The van der Waals surface area contributed by atoms with Gasteiger partial charge in [-0.05, 0) is 30.4 Å². The molecule has 1 fully saturated rings. The first-order valence-electron chi connectivity index (χ1n) is 8.76. The molecule has 7 nitrogen and oxygen atoms in total. The van der Waals surface area contributed by atoms with Gasteiger partial charge in [0.05, 0.1) is 12.6 Å². The summed E-state index contributed by atoms with van der Waals surface area (Å²) in [5.41, 5.74) is 5.30. The highest BCUT2D eigenvalue weighted by molar-refractivity contribution is 14.0.